The number of carbonyl (C=O) groups excluding carboxylic acids is 1. The Balaban J connectivity index is 1.36. The predicted octanol–water partition coefficient (Wildman–Crippen LogP) is 5.19. The minimum Gasteiger partial charge on any atom is -0.497 e. The molecule has 1 aliphatic rings. The Bertz CT molecular complexity index is 1200. The van der Waals surface area contributed by atoms with Gasteiger partial charge in [-0.3, -0.25) is 9.36 Å². The second kappa shape index (κ2) is 9.18. The Kier molecular flexibility index (Phi) is 5.96. The molecule has 0 unspecified atom stereocenters. The molecular weight excluding hydrogens is 440 g/mol. The molecule has 6 nitrogen and oxygen atoms in total. The molecule has 1 amide bonds. The van der Waals surface area contributed by atoms with Crippen LogP contribution in [-0.2, 0) is 5.75 Å². The normalized spacial score (nSPS) is 13.2. The van der Waals surface area contributed by atoms with Crippen molar-refractivity contribution in [2.24, 2.45) is 0 Å². The lowest BCUT2D eigenvalue weighted by atomic mass is 10.1. The Hall–Kier alpha value is -3.10. The number of carbonyl (C=O) groups is 1. The van der Waals surface area contributed by atoms with Gasteiger partial charge in [-0.05, 0) is 66.2 Å². The zero-order chi connectivity index (χ0) is 21.9. The summed E-state index contributed by atoms with van der Waals surface area (Å²) in [7, 11) is 1.66. The van der Waals surface area contributed by atoms with E-state index in [0.29, 0.717) is 11.6 Å². The lowest BCUT2D eigenvalue weighted by Gasteiger charge is -2.10. The molecule has 0 aliphatic heterocycles. The first kappa shape index (κ1) is 20.8. The second-order valence-electron chi connectivity index (χ2n) is 7.55. The number of thioether (sulfide) groups is 1. The van der Waals surface area contributed by atoms with Crippen LogP contribution in [-0.4, -0.2) is 33.8 Å². The van der Waals surface area contributed by atoms with Crippen molar-refractivity contribution >= 4 is 29.0 Å². The van der Waals surface area contributed by atoms with Gasteiger partial charge >= 0.3 is 0 Å². The molecule has 1 N–H and O–H groups in total. The molecule has 162 valence electrons. The number of hydrogen-bond acceptors (Lipinski definition) is 6. The lowest BCUT2D eigenvalue weighted by molar-refractivity contribution is 0.0951. The molecule has 32 heavy (non-hydrogen) atoms. The van der Waals surface area contributed by atoms with Gasteiger partial charge in [0.15, 0.2) is 11.0 Å². The van der Waals surface area contributed by atoms with Crippen LogP contribution in [0.3, 0.4) is 0 Å². The third kappa shape index (κ3) is 4.56. The van der Waals surface area contributed by atoms with E-state index in [4.69, 9.17) is 4.74 Å². The molecule has 1 aliphatic carbocycles. The highest BCUT2D eigenvalue weighted by Gasteiger charge is 2.23. The molecule has 2 aromatic heterocycles. The van der Waals surface area contributed by atoms with E-state index in [1.807, 2.05) is 60.0 Å². The van der Waals surface area contributed by atoms with Crippen molar-refractivity contribution in [2.75, 3.05) is 7.11 Å². The van der Waals surface area contributed by atoms with E-state index in [-0.39, 0.29) is 5.91 Å². The molecule has 0 radical (unpaired) electrons. The summed E-state index contributed by atoms with van der Waals surface area (Å²) in [5.74, 6) is 2.36. The SMILES string of the molecule is COc1ccc(-n2c(SCc3ccc(C(=O)NC4CC4)cc3)nnc2-c2cccs2)cc1. The second-order valence-corrected chi connectivity index (χ2v) is 9.44. The van der Waals surface area contributed by atoms with Gasteiger partial charge in [0.1, 0.15) is 5.75 Å². The smallest absolute Gasteiger partial charge is 0.251 e. The Labute approximate surface area is 194 Å². The van der Waals surface area contributed by atoms with Crippen molar-refractivity contribution in [2.45, 2.75) is 29.8 Å². The first-order valence-electron chi connectivity index (χ1n) is 10.4. The summed E-state index contributed by atoms with van der Waals surface area (Å²) in [6.07, 6.45) is 2.17. The van der Waals surface area contributed by atoms with Gasteiger partial charge in [-0.15, -0.1) is 21.5 Å². The molecule has 2 aromatic carbocycles. The minimum atomic E-state index is 0.00606. The van der Waals surface area contributed by atoms with Gasteiger partial charge in [-0.1, -0.05) is 30.0 Å². The maximum atomic E-state index is 12.2. The van der Waals surface area contributed by atoms with E-state index in [0.717, 1.165) is 51.5 Å². The van der Waals surface area contributed by atoms with Crippen LogP contribution in [0.2, 0.25) is 0 Å². The minimum absolute atomic E-state index is 0.00606. The van der Waals surface area contributed by atoms with Gasteiger partial charge in [0.2, 0.25) is 0 Å². The summed E-state index contributed by atoms with van der Waals surface area (Å²) in [4.78, 5) is 13.3. The first-order valence-corrected chi connectivity index (χ1v) is 12.2. The van der Waals surface area contributed by atoms with E-state index in [2.05, 4.69) is 26.1 Å². The van der Waals surface area contributed by atoms with Crippen molar-refractivity contribution in [3.8, 4) is 22.1 Å². The number of methoxy groups -OCH3 is 1. The standard InChI is InChI=1S/C24H22N4O2S2/c1-30-20-12-10-19(11-13-20)28-22(21-3-2-14-31-21)26-27-24(28)32-15-16-4-6-17(7-5-16)23(29)25-18-8-9-18/h2-7,10-14,18H,8-9,15H2,1H3,(H,25,29). The monoisotopic (exact) mass is 462 g/mol. The number of nitrogens with zero attached hydrogens (tertiary/aromatic N) is 3. The molecule has 8 heteroatoms. The van der Waals surface area contributed by atoms with Crippen LogP contribution < -0.4 is 10.1 Å². The molecule has 1 saturated carbocycles. The highest BCUT2D eigenvalue weighted by molar-refractivity contribution is 7.98. The third-order valence-corrected chi connectivity index (χ3v) is 7.07. The van der Waals surface area contributed by atoms with E-state index < -0.39 is 0 Å². The summed E-state index contributed by atoms with van der Waals surface area (Å²) in [5.41, 5.74) is 2.81. The fourth-order valence-electron chi connectivity index (χ4n) is 3.29. The highest BCUT2D eigenvalue weighted by Crippen LogP contribution is 2.32. The topological polar surface area (TPSA) is 69.0 Å². The summed E-state index contributed by atoms with van der Waals surface area (Å²) < 4.78 is 7.38. The van der Waals surface area contributed by atoms with E-state index in [1.54, 1.807) is 30.2 Å². The van der Waals surface area contributed by atoms with Gasteiger partial charge in [-0.25, -0.2) is 0 Å². The Morgan fingerprint density at radius 1 is 1.12 bits per heavy atom. The van der Waals surface area contributed by atoms with Crippen LogP contribution in [0.25, 0.3) is 16.4 Å². The van der Waals surface area contributed by atoms with Gasteiger partial charge in [0, 0.05) is 17.4 Å². The fraction of sp³-hybridized carbons (Fsp3) is 0.208. The number of aromatic nitrogens is 3. The maximum Gasteiger partial charge on any atom is 0.251 e. The number of amides is 1. The number of thiophene rings is 1. The van der Waals surface area contributed by atoms with E-state index >= 15 is 0 Å². The fourth-order valence-corrected chi connectivity index (χ4v) is 4.90. The molecule has 1 fully saturated rings. The number of rotatable bonds is 8. The maximum absolute atomic E-state index is 12.2. The molecule has 0 saturated heterocycles. The number of benzene rings is 2. The lowest BCUT2D eigenvalue weighted by Crippen LogP contribution is -2.25. The van der Waals surface area contributed by atoms with Gasteiger partial charge < -0.3 is 10.1 Å². The quantitative estimate of drug-likeness (QED) is 0.365. The Morgan fingerprint density at radius 2 is 1.91 bits per heavy atom. The number of nitrogens with one attached hydrogen (secondary N) is 1. The zero-order valence-electron chi connectivity index (χ0n) is 17.5. The van der Waals surface area contributed by atoms with Gasteiger partial charge in [-0.2, -0.15) is 0 Å². The van der Waals surface area contributed by atoms with E-state index in [1.165, 1.54) is 0 Å². The summed E-state index contributed by atoms with van der Waals surface area (Å²) in [6, 6.07) is 20.1. The molecule has 0 bridgehead atoms. The molecular formula is C24H22N4O2S2. The molecule has 4 aromatic rings. The van der Waals surface area contributed by atoms with Crippen LogP contribution >= 0.6 is 23.1 Å². The van der Waals surface area contributed by atoms with Crippen molar-refractivity contribution in [3.63, 3.8) is 0 Å². The van der Waals surface area contributed by atoms with Crippen LogP contribution in [0.5, 0.6) is 5.75 Å². The van der Waals surface area contributed by atoms with Gasteiger partial charge in [0.05, 0.1) is 17.7 Å². The van der Waals surface area contributed by atoms with Gasteiger partial charge in [0.25, 0.3) is 5.91 Å². The Morgan fingerprint density at radius 3 is 2.56 bits per heavy atom. The summed E-state index contributed by atoms with van der Waals surface area (Å²) in [5, 5.41) is 14.8. The van der Waals surface area contributed by atoms with Crippen LogP contribution in [0.15, 0.2) is 71.2 Å². The number of hydrogen-bond donors (Lipinski definition) is 1. The van der Waals surface area contributed by atoms with Crippen molar-refractivity contribution in [3.05, 3.63) is 77.2 Å². The molecule has 2 heterocycles. The third-order valence-electron chi connectivity index (χ3n) is 5.20. The zero-order valence-corrected chi connectivity index (χ0v) is 19.2. The van der Waals surface area contributed by atoms with Crippen molar-refractivity contribution < 1.29 is 9.53 Å². The van der Waals surface area contributed by atoms with E-state index in [9.17, 15) is 4.79 Å². The average molecular weight is 463 g/mol. The predicted molar refractivity (Wildman–Crippen MR) is 128 cm³/mol. The van der Waals surface area contributed by atoms with Crippen LogP contribution in [0.1, 0.15) is 28.8 Å². The summed E-state index contributed by atoms with van der Waals surface area (Å²) in [6.45, 7) is 0. The largest absolute Gasteiger partial charge is 0.497 e. The van der Waals surface area contributed by atoms with Crippen molar-refractivity contribution in [1.29, 1.82) is 0 Å². The van der Waals surface area contributed by atoms with Crippen LogP contribution in [0.4, 0.5) is 0 Å². The molecule has 0 atom stereocenters. The highest BCUT2D eigenvalue weighted by atomic mass is 32.2. The molecule has 0 spiro atoms. The number of ether oxygens (including phenoxy) is 1. The van der Waals surface area contributed by atoms with Crippen LogP contribution in [0, 0.1) is 0 Å². The van der Waals surface area contributed by atoms with Crippen molar-refractivity contribution in [1.82, 2.24) is 20.1 Å². The molecule has 5 rings (SSSR count). The summed E-state index contributed by atoms with van der Waals surface area (Å²) >= 11 is 3.26. The first-order chi connectivity index (χ1) is 15.7. The average Bonchev–Trinajstić information content (AvgIpc) is 3.31.